The summed E-state index contributed by atoms with van der Waals surface area (Å²) < 4.78 is 7.02. The van der Waals surface area contributed by atoms with Crippen LogP contribution in [0.25, 0.3) is 16.6 Å². The van der Waals surface area contributed by atoms with Crippen molar-refractivity contribution in [3.8, 4) is 0 Å². The summed E-state index contributed by atoms with van der Waals surface area (Å²) in [7, 11) is 0. The van der Waals surface area contributed by atoms with E-state index in [1.165, 1.54) is 0 Å². The van der Waals surface area contributed by atoms with Crippen molar-refractivity contribution < 1.29 is 9.53 Å². The van der Waals surface area contributed by atoms with Crippen molar-refractivity contribution in [3.63, 3.8) is 0 Å². The zero-order valence-corrected chi connectivity index (χ0v) is 15.5. The lowest BCUT2D eigenvalue weighted by Crippen LogP contribution is -2.14. The minimum Gasteiger partial charge on any atom is -0.462 e. The molecule has 0 aliphatic heterocycles. The van der Waals surface area contributed by atoms with Gasteiger partial charge in [0.1, 0.15) is 11.3 Å². The van der Waals surface area contributed by atoms with E-state index in [0.29, 0.717) is 23.2 Å². The molecule has 138 valence electrons. The smallest absolute Gasteiger partial charge is 0.338 e. The molecule has 0 unspecified atom stereocenters. The van der Waals surface area contributed by atoms with Crippen LogP contribution >= 0.6 is 0 Å². The molecule has 3 aromatic rings. The van der Waals surface area contributed by atoms with Crippen molar-refractivity contribution in [2.45, 2.75) is 52.4 Å². The average molecular weight is 355 g/mol. The molecule has 0 aliphatic rings. The molecule has 26 heavy (non-hydrogen) atoms. The Morgan fingerprint density at radius 2 is 1.92 bits per heavy atom. The number of carbonyl (C=O) groups excluding carboxylic acids is 1. The van der Waals surface area contributed by atoms with Gasteiger partial charge in [-0.2, -0.15) is 0 Å². The van der Waals surface area contributed by atoms with E-state index in [1.54, 1.807) is 31.3 Å². The fourth-order valence-electron chi connectivity index (χ4n) is 3.52. The maximum absolute atomic E-state index is 12.5. The first-order valence-electron chi connectivity index (χ1n) is 9.31. The van der Waals surface area contributed by atoms with Crippen LogP contribution in [0.3, 0.4) is 0 Å². The molecular formula is C20H25N3O3. The summed E-state index contributed by atoms with van der Waals surface area (Å²) in [5.41, 5.74) is 2.25. The van der Waals surface area contributed by atoms with Crippen molar-refractivity contribution in [2.75, 3.05) is 6.61 Å². The van der Waals surface area contributed by atoms with E-state index in [-0.39, 0.29) is 17.4 Å². The van der Waals surface area contributed by atoms with Crippen LogP contribution in [0.15, 0.2) is 29.2 Å². The number of nitrogens with one attached hydrogen (secondary N) is 1. The molecule has 2 aromatic heterocycles. The fraction of sp³-hybridized carbons (Fsp3) is 0.450. The van der Waals surface area contributed by atoms with Crippen LogP contribution in [-0.2, 0) is 4.74 Å². The number of H-pyrrole nitrogens is 1. The Bertz CT molecular complexity index is 981. The monoisotopic (exact) mass is 355 g/mol. The van der Waals surface area contributed by atoms with Crippen molar-refractivity contribution >= 4 is 22.5 Å². The minimum absolute atomic E-state index is 0.174. The lowest BCUT2D eigenvalue weighted by atomic mass is 9.97. The highest BCUT2D eigenvalue weighted by Gasteiger charge is 2.19. The molecule has 0 amide bonds. The lowest BCUT2D eigenvalue weighted by Gasteiger charge is -2.15. The van der Waals surface area contributed by atoms with E-state index in [0.717, 1.165) is 37.0 Å². The molecule has 0 aliphatic carbocycles. The maximum Gasteiger partial charge on any atom is 0.338 e. The molecule has 0 atom stereocenters. The number of ether oxygens (including phenoxy) is 1. The third-order valence-electron chi connectivity index (χ3n) is 4.66. The Morgan fingerprint density at radius 1 is 1.19 bits per heavy atom. The van der Waals surface area contributed by atoms with Gasteiger partial charge in [0.2, 0.25) is 0 Å². The van der Waals surface area contributed by atoms with Gasteiger partial charge in [-0.1, -0.05) is 26.7 Å². The summed E-state index contributed by atoms with van der Waals surface area (Å²) in [5.74, 6) is 0.804. The average Bonchev–Trinajstić information content (AvgIpc) is 3.07. The zero-order chi connectivity index (χ0) is 18.7. The van der Waals surface area contributed by atoms with Crippen molar-refractivity contribution in [3.05, 3.63) is 46.1 Å². The quantitative estimate of drug-likeness (QED) is 0.649. The number of carbonyl (C=O) groups is 1. The third-order valence-corrected chi connectivity index (χ3v) is 4.66. The third kappa shape index (κ3) is 3.23. The maximum atomic E-state index is 12.5. The lowest BCUT2D eigenvalue weighted by molar-refractivity contribution is 0.0526. The summed E-state index contributed by atoms with van der Waals surface area (Å²) >= 11 is 0. The van der Waals surface area contributed by atoms with Gasteiger partial charge >= 0.3 is 5.97 Å². The van der Waals surface area contributed by atoms with E-state index < -0.39 is 0 Å². The topological polar surface area (TPSA) is 76.5 Å². The number of benzene rings is 1. The second kappa shape index (κ2) is 7.72. The highest BCUT2D eigenvalue weighted by atomic mass is 16.5. The van der Waals surface area contributed by atoms with Gasteiger partial charge in [0, 0.05) is 5.92 Å². The first kappa shape index (κ1) is 18.2. The van der Waals surface area contributed by atoms with Crippen LogP contribution in [0.2, 0.25) is 0 Å². The number of rotatable bonds is 7. The molecule has 1 aromatic carbocycles. The number of nitrogens with zero attached hydrogens (tertiary/aromatic N) is 2. The molecule has 0 fully saturated rings. The largest absolute Gasteiger partial charge is 0.462 e. The van der Waals surface area contributed by atoms with Gasteiger partial charge in [-0.25, -0.2) is 9.78 Å². The van der Waals surface area contributed by atoms with Gasteiger partial charge in [0.15, 0.2) is 0 Å². The summed E-state index contributed by atoms with van der Waals surface area (Å²) in [6, 6.07) is 5.20. The van der Waals surface area contributed by atoms with Crippen LogP contribution in [0.5, 0.6) is 0 Å². The highest BCUT2D eigenvalue weighted by molar-refractivity contribution is 5.94. The SMILES string of the molecule is CCCC(CCC)c1ncc2c(=O)[nH]c3ccc(C(=O)OCC)cc3n12. The van der Waals surface area contributed by atoms with E-state index in [9.17, 15) is 9.59 Å². The molecule has 0 radical (unpaired) electrons. The fourth-order valence-corrected chi connectivity index (χ4v) is 3.52. The second-order valence-corrected chi connectivity index (χ2v) is 6.52. The molecule has 6 heteroatoms. The van der Waals surface area contributed by atoms with Gasteiger partial charge in [0.25, 0.3) is 5.56 Å². The zero-order valence-electron chi connectivity index (χ0n) is 15.5. The highest BCUT2D eigenvalue weighted by Crippen LogP contribution is 2.28. The standard InChI is InChI=1S/C20H25N3O3/c1-4-7-13(8-5-2)18-21-12-17-19(24)22-15-10-9-14(20(25)26-6-3)11-16(15)23(17)18/h9-13H,4-8H2,1-3H3,(H,22,24). The summed E-state index contributed by atoms with van der Waals surface area (Å²) in [4.78, 5) is 32.1. The summed E-state index contributed by atoms with van der Waals surface area (Å²) in [6.07, 6.45) is 5.75. The van der Waals surface area contributed by atoms with E-state index in [1.807, 2.05) is 4.40 Å². The van der Waals surface area contributed by atoms with Gasteiger partial charge < -0.3 is 9.72 Å². The van der Waals surface area contributed by atoms with E-state index in [2.05, 4.69) is 23.8 Å². The molecule has 0 bridgehead atoms. The number of aromatic nitrogens is 3. The number of hydrogen-bond acceptors (Lipinski definition) is 4. The van der Waals surface area contributed by atoms with Crippen molar-refractivity contribution in [1.29, 1.82) is 0 Å². The molecule has 0 saturated carbocycles. The van der Waals surface area contributed by atoms with Gasteiger partial charge in [-0.05, 0) is 38.0 Å². The molecule has 2 heterocycles. The Kier molecular flexibility index (Phi) is 5.40. The van der Waals surface area contributed by atoms with E-state index >= 15 is 0 Å². The summed E-state index contributed by atoms with van der Waals surface area (Å²) in [5, 5.41) is 0. The van der Waals surface area contributed by atoms with E-state index in [4.69, 9.17) is 4.74 Å². The molecule has 1 N–H and O–H groups in total. The first-order chi connectivity index (χ1) is 12.6. The second-order valence-electron chi connectivity index (χ2n) is 6.52. The number of hydrogen-bond donors (Lipinski definition) is 1. The number of aromatic amines is 1. The summed E-state index contributed by atoms with van der Waals surface area (Å²) in [6.45, 7) is 6.41. The van der Waals surface area contributed by atoms with Gasteiger partial charge in [0.05, 0.1) is 29.4 Å². The van der Waals surface area contributed by atoms with Crippen LogP contribution in [-0.4, -0.2) is 26.9 Å². The molecule has 6 nitrogen and oxygen atoms in total. The Balaban J connectivity index is 2.27. The van der Waals surface area contributed by atoms with Gasteiger partial charge in [-0.3, -0.25) is 9.20 Å². The first-order valence-corrected chi connectivity index (χ1v) is 9.31. The predicted molar refractivity (Wildman–Crippen MR) is 102 cm³/mol. The minimum atomic E-state index is -0.367. The van der Waals surface area contributed by atoms with Crippen LogP contribution in [0.4, 0.5) is 0 Å². The van der Waals surface area contributed by atoms with Crippen molar-refractivity contribution in [1.82, 2.24) is 14.4 Å². The molecule has 3 rings (SSSR count). The predicted octanol–water partition coefficient (Wildman–Crippen LogP) is 4.04. The van der Waals surface area contributed by atoms with Crippen LogP contribution in [0, 0.1) is 0 Å². The normalized spacial score (nSPS) is 11.5. The Morgan fingerprint density at radius 3 is 2.58 bits per heavy atom. The number of imidazole rings is 1. The Labute approximate surface area is 152 Å². The molecule has 0 saturated heterocycles. The van der Waals surface area contributed by atoms with Crippen molar-refractivity contribution in [2.24, 2.45) is 0 Å². The number of fused-ring (bicyclic) bond motifs is 3. The Hall–Kier alpha value is -2.63. The van der Waals surface area contributed by atoms with Crippen LogP contribution < -0.4 is 5.56 Å². The molecule has 0 spiro atoms. The molecular weight excluding hydrogens is 330 g/mol. The van der Waals surface area contributed by atoms with Gasteiger partial charge in [-0.15, -0.1) is 0 Å². The van der Waals surface area contributed by atoms with Crippen LogP contribution in [0.1, 0.15) is 68.6 Å². The number of esters is 1.